The summed E-state index contributed by atoms with van der Waals surface area (Å²) in [5, 5.41) is 12.9. The standard InChI is InChI=1S/C19H23N3O4/c1-21-13-15(11-20-21)26-17-7-3-2-6-16(17)19(25)22-10-4-5-14(12-22)8-9-18(23)24/h2-3,6-7,11,13-14H,4-5,8-10,12H2,1H3,(H,23,24). The summed E-state index contributed by atoms with van der Waals surface area (Å²) >= 11 is 0. The number of carboxylic acids is 1. The fourth-order valence-electron chi connectivity index (χ4n) is 3.29. The van der Waals surface area contributed by atoms with Crippen molar-refractivity contribution in [2.45, 2.75) is 25.7 Å². The van der Waals surface area contributed by atoms with E-state index in [1.54, 1.807) is 41.2 Å². The highest BCUT2D eigenvalue weighted by atomic mass is 16.5. The minimum Gasteiger partial charge on any atom is -0.481 e. The van der Waals surface area contributed by atoms with Crippen LogP contribution in [0.1, 0.15) is 36.0 Å². The third kappa shape index (κ3) is 4.41. The van der Waals surface area contributed by atoms with Gasteiger partial charge in [0.05, 0.1) is 18.0 Å². The average Bonchev–Trinajstić information content (AvgIpc) is 3.05. The molecular formula is C19H23N3O4. The van der Waals surface area contributed by atoms with Gasteiger partial charge in [0.2, 0.25) is 0 Å². The topological polar surface area (TPSA) is 84.7 Å². The van der Waals surface area contributed by atoms with Gasteiger partial charge in [-0.3, -0.25) is 14.3 Å². The van der Waals surface area contributed by atoms with E-state index in [4.69, 9.17) is 9.84 Å². The van der Waals surface area contributed by atoms with E-state index in [9.17, 15) is 9.59 Å². The first kappa shape index (κ1) is 18.0. The largest absolute Gasteiger partial charge is 0.481 e. The van der Waals surface area contributed by atoms with E-state index in [0.29, 0.717) is 36.6 Å². The van der Waals surface area contributed by atoms with Gasteiger partial charge in [0.1, 0.15) is 5.75 Å². The van der Waals surface area contributed by atoms with Crippen molar-refractivity contribution >= 4 is 11.9 Å². The highest BCUT2D eigenvalue weighted by Gasteiger charge is 2.26. The first-order valence-corrected chi connectivity index (χ1v) is 8.79. The molecule has 7 nitrogen and oxygen atoms in total. The number of amides is 1. The molecular weight excluding hydrogens is 334 g/mol. The summed E-state index contributed by atoms with van der Waals surface area (Å²) in [4.78, 5) is 25.6. The number of benzene rings is 1. The number of aliphatic carboxylic acids is 1. The van der Waals surface area contributed by atoms with Gasteiger partial charge >= 0.3 is 5.97 Å². The van der Waals surface area contributed by atoms with Gasteiger partial charge in [-0.05, 0) is 37.3 Å². The van der Waals surface area contributed by atoms with Crippen molar-refractivity contribution in [1.29, 1.82) is 0 Å². The van der Waals surface area contributed by atoms with Crippen LogP contribution in [0.4, 0.5) is 0 Å². The number of rotatable bonds is 6. The number of hydrogen-bond donors (Lipinski definition) is 1. The molecule has 0 aliphatic carbocycles. The smallest absolute Gasteiger partial charge is 0.303 e. The van der Waals surface area contributed by atoms with Crippen LogP contribution in [0.5, 0.6) is 11.5 Å². The van der Waals surface area contributed by atoms with Crippen molar-refractivity contribution in [3.63, 3.8) is 0 Å². The summed E-state index contributed by atoms with van der Waals surface area (Å²) in [6.07, 6.45) is 5.95. The van der Waals surface area contributed by atoms with Gasteiger partial charge < -0.3 is 14.7 Å². The van der Waals surface area contributed by atoms with Crippen molar-refractivity contribution in [2.75, 3.05) is 13.1 Å². The van der Waals surface area contributed by atoms with Gasteiger partial charge in [0, 0.05) is 26.6 Å². The van der Waals surface area contributed by atoms with Gasteiger partial charge in [-0.25, -0.2) is 0 Å². The second-order valence-electron chi connectivity index (χ2n) is 6.64. The van der Waals surface area contributed by atoms with E-state index in [0.717, 1.165) is 12.8 Å². The Morgan fingerprint density at radius 2 is 2.15 bits per heavy atom. The zero-order valence-corrected chi connectivity index (χ0v) is 14.8. The van der Waals surface area contributed by atoms with Gasteiger partial charge in [-0.2, -0.15) is 5.10 Å². The summed E-state index contributed by atoms with van der Waals surface area (Å²) in [6, 6.07) is 7.17. The van der Waals surface area contributed by atoms with E-state index in [2.05, 4.69) is 5.10 Å². The van der Waals surface area contributed by atoms with Crippen LogP contribution in [-0.2, 0) is 11.8 Å². The lowest BCUT2D eigenvalue weighted by Gasteiger charge is -2.33. The Labute approximate surface area is 152 Å². The second-order valence-corrected chi connectivity index (χ2v) is 6.64. The minimum atomic E-state index is -0.788. The van der Waals surface area contributed by atoms with E-state index in [1.807, 2.05) is 12.1 Å². The van der Waals surface area contributed by atoms with Gasteiger partial charge in [0.15, 0.2) is 5.75 Å². The molecule has 0 saturated carbocycles. The van der Waals surface area contributed by atoms with Crippen LogP contribution < -0.4 is 4.74 Å². The molecule has 1 N–H and O–H groups in total. The predicted molar refractivity (Wildman–Crippen MR) is 95.2 cm³/mol. The zero-order valence-electron chi connectivity index (χ0n) is 14.8. The van der Waals surface area contributed by atoms with Crippen molar-refractivity contribution < 1.29 is 19.4 Å². The molecule has 0 spiro atoms. The minimum absolute atomic E-state index is 0.0792. The van der Waals surface area contributed by atoms with Crippen LogP contribution in [0, 0.1) is 5.92 Å². The summed E-state index contributed by atoms with van der Waals surface area (Å²) < 4.78 is 7.48. The van der Waals surface area contributed by atoms with Gasteiger partial charge in [-0.1, -0.05) is 12.1 Å². The Morgan fingerprint density at radius 1 is 1.35 bits per heavy atom. The number of piperidine rings is 1. The maximum absolute atomic E-state index is 13.0. The maximum atomic E-state index is 13.0. The summed E-state index contributed by atoms with van der Waals surface area (Å²) in [5.74, 6) is 0.437. The quantitative estimate of drug-likeness (QED) is 0.859. The van der Waals surface area contributed by atoms with Crippen LogP contribution in [0.2, 0.25) is 0 Å². The molecule has 1 unspecified atom stereocenters. The Kier molecular flexibility index (Phi) is 5.55. The monoisotopic (exact) mass is 357 g/mol. The van der Waals surface area contributed by atoms with Crippen molar-refractivity contribution in [3.8, 4) is 11.5 Å². The highest BCUT2D eigenvalue weighted by Crippen LogP contribution is 2.28. The molecule has 1 amide bonds. The Bertz CT molecular complexity index is 787. The second kappa shape index (κ2) is 8.03. The maximum Gasteiger partial charge on any atom is 0.303 e. The van der Waals surface area contributed by atoms with E-state index < -0.39 is 5.97 Å². The molecule has 138 valence electrons. The van der Waals surface area contributed by atoms with Gasteiger partial charge in [0.25, 0.3) is 5.91 Å². The first-order valence-electron chi connectivity index (χ1n) is 8.79. The van der Waals surface area contributed by atoms with E-state index in [1.165, 1.54) is 0 Å². The number of aryl methyl sites for hydroxylation is 1. The Hall–Kier alpha value is -2.83. The van der Waals surface area contributed by atoms with Crippen molar-refractivity contribution in [1.82, 2.24) is 14.7 Å². The summed E-state index contributed by atoms with van der Waals surface area (Å²) in [6.45, 7) is 1.27. The fraction of sp³-hybridized carbons (Fsp3) is 0.421. The highest BCUT2D eigenvalue weighted by molar-refractivity contribution is 5.97. The van der Waals surface area contributed by atoms with E-state index in [-0.39, 0.29) is 18.2 Å². The van der Waals surface area contributed by atoms with Crippen molar-refractivity contribution in [3.05, 3.63) is 42.2 Å². The molecule has 1 saturated heterocycles. The number of carbonyl (C=O) groups is 2. The Morgan fingerprint density at radius 3 is 2.88 bits per heavy atom. The molecule has 1 atom stereocenters. The molecule has 1 aliphatic heterocycles. The first-order chi connectivity index (χ1) is 12.5. The number of carboxylic acid groups (broad SMARTS) is 1. The molecule has 1 aromatic carbocycles. The predicted octanol–water partition coefficient (Wildman–Crippen LogP) is 2.93. The molecule has 2 heterocycles. The van der Waals surface area contributed by atoms with Crippen LogP contribution in [0.25, 0.3) is 0 Å². The average molecular weight is 357 g/mol. The number of aromatic nitrogens is 2. The van der Waals surface area contributed by atoms with E-state index >= 15 is 0 Å². The molecule has 3 rings (SSSR count). The molecule has 1 fully saturated rings. The van der Waals surface area contributed by atoms with Crippen LogP contribution in [0.3, 0.4) is 0 Å². The number of nitrogens with zero attached hydrogens (tertiary/aromatic N) is 3. The van der Waals surface area contributed by atoms with Crippen LogP contribution in [0.15, 0.2) is 36.7 Å². The zero-order chi connectivity index (χ0) is 18.5. The third-order valence-electron chi connectivity index (χ3n) is 4.60. The number of likely N-dealkylation sites (tertiary alicyclic amines) is 1. The lowest BCUT2D eigenvalue weighted by Crippen LogP contribution is -2.40. The Balaban J connectivity index is 1.72. The molecule has 26 heavy (non-hydrogen) atoms. The lowest BCUT2D eigenvalue weighted by atomic mass is 9.93. The molecule has 2 aromatic rings. The van der Waals surface area contributed by atoms with Gasteiger partial charge in [-0.15, -0.1) is 0 Å². The van der Waals surface area contributed by atoms with Crippen molar-refractivity contribution in [2.24, 2.45) is 13.0 Å². The van der Waals surface area contributed by atoms with Crippen LogP contribution >= 0.6 is 0 Å². The molecule has 1 aromatic heterocycles. The van der Waals surface area contributed by atoms with Crippen LogP contribution in [-0.4, -0.2) is 44.8 Å². The normalized spacial score (nSPS) is 17.1. The number of carbonyl (C=O) groups excluding carboxylic acids is 1. The molecule has 7 heteroatoms. The fourth-order valence-corrected chi connectivity index (χ4v) is 3.29. The third-order valence-corrected chi connectivity index (χ3v) is 4.60. The molecule has 0 radical (unpaired) electrons. The lowest BCUT2D eigenvalue weighted by molar-refractivity contribution is -0.137. The number of para-hydroxylation sites is 1. The number of hydrogen-bond acceptors (Lipinski definition) is 4. The summed E-state index contributed by atoms with van der Waals surface area (Å²) in [7, 11) is 1.80. The summed E-state index contributed by atoms with van der Waals surface area (Å²) in [5.41, 5.74) is 0.509. The molecule has 0 bridgehead atoms. The molecule has 1 aliphatic rings. The SMILES string of the molecule is Cn1cc(Oc2ccccc2C(=O)N2CCCC(CCC(=O)O)C2)cn1. The number of ether oxygens (including phenoxy) is 1.